The van der Waals surface area contributed by atoms with Gasteiger partial charge in [-0.25, -0.2) is 0 Å². The van der Waals surface area contributed by atoms with Gasteiger partial charge in [0.05, 0.1) is 28.4 Å². The summed E-state index contributed by atoms with van der Waals surface area (Å²) in [5, 5.41) is 0.898. The third-order valence-corrected chi connectivity index (χ3v) is 4.66. The molecule has 2 aliphatic rings. The SMILES string of the molecule is O=C1[C@H]2CC=CC[C@@H]2C(=O)N1Cc1ccc(Cl)c(Cl)c1. The number of carbonyl (C=O) groups is 2. The van der Waals surface area contributed by atoms with Crippen LogP contribution in [0, 0.1) is 11.8 Å². The van der Waals surface area contributed by atoms with Gasteiger partial charge in [0.2, 0.25) is 11.8 Å². The van der Waals surface area contributed by atoms with E-state index in [0.717, 1.165) is 5.56 Å². The number of hydrogen-bond acceptors (Lipinski definition) is 2. The van der Waals surface area contributed by atoms with Crippen LogP contribution in [0.15, 0.2) is 30.4 Å². The molecule has 1 aromatic rings. The van der Waals surface area contributed by atoms with E-state index in [1.807, 2.05) is 12.2 Å². The van der Waals surface area contributed by atoms with Gasteiger partial charge in [0.25, 0.3) is 0 Å². The lowest BCUT2D eigenvalue weighted by atomic mass is 9.85. The molecule has 1 aromatic carbocycles. The minimum absolute atomic E-state index is 0.0737. The minimum atomic E-state index is -0.185. The third kappa shape index (κ3) is 2.25. The van der Waals surface area contributed by atoms with E-state index >= 15 is 0 Å². The van der Waals surface area contributed by atoms with E-state index in [2.05, 4.69) is 0 Å². The second-order valence-corrected chi connectivity index (χ2v) is 5.98. The largest absolute Gasteiger partial charge is 0.278 e. The van der Waals surface area contributed by atoms with Crippen molar-refractivity contribution in [3.05, 3.63) is 46.0 Å². The molecule has 0 N–H and O–H groups in total. The number of allylic oxidation sites excluding steroid dienone is 2. The topological polar surface area (TPSA) is 37.4 Å². The lowest BCUT2D eigenvalue weighted by Gasteiger charge is -2.15. The number of imide groups is 1. The highest BCUT2D eigenvalue weighted by molar-refractivity contribution is 6.42. The summed E-state index contributed by atoms with van der Waals surface area (Å²) in [6.07, 6.45) is 5.28. The highest BCUT2D eigenvalue weighted by Crippen LogP contribution is 2.36. The molecular formula is C15H13Cl2NO2. The Kier molecular flexibility index (Phi) is 3.57. The van der Waals surface area contributed by atoms with Crippen molar-refractivity contribution in [2.45, 2.75) is 19.4 Å². The van der Waals surface area contributed by atoms with Gasteiger partial charge in [-0.2, -0.15) is 0 Å². The molecule has 20 heavy (non-hydrogen) atoms. The molecule has 2 amide bonds. The summed E-state index contributed by atoms with van der Waals surface area (Å²) in [6.45, 7) is 0.265. The van der Waals surface area contributed by atoms with Gasteiger partial charge in [-0.05, 0) is 30.5 Å². The zero-order valence-electron chi connectivity index (χ0n) is 10.7. The lowest BCUT2D eigenvalue weighted by molar-refractivity contribution is -0.140. The van der Waals surface area contributed by atoms with Crippen LogP contribution >= 0.6 is 23.2 Å². The van der Waals surface area contributed by atoms with E-state index in [0.29, 0.717) is 22.9 Å². The van der Waals surface area contributed by atoms with Crippen molar-refractivity contribution in [3.63, 3.8) is 0 Å². The van der Waals surface area contributed by atoms with Gasteiger partial charge in [0.15, 0.2) is 0 Å². The number of hydrogen-bond donors (Lipinski definition) is 0. The average Bonchev–Trinajstić information content (AvgIpc) is 2.69. The van der Waals surface area contributed by atoms with Crippen molar-refractivity contribution in [2.75, 3.05) is 0 Å². The monoisotopic (exact) mass is 309 g/mol. The zero-order valence-corrected chi connectivity index (χ0v) is 12.2. The van der Waals surface area contributed by atoms with Gasteiger partial charge < -0.3 is 0 Å². The highest BCUT2D eigenvalue weighted by Gasteiger charge is 2.46. The van der Waals surface area contributed by atoms with Gasteiger partial charge in [-0.1, -0.05) is 41.4 Å². The number of benzene rings is 1. The van der Waals surface area contributed by atoms with Crippen molar-refractivity contribution in [2.24, 2.45) is 11.8 Å². The first-order valence-corrected chi connectivity index (χ1v) is 7.27. The molecule has 0 unspecified atom stereocenters. The first-order valence-electron chi connectivity index (χ1n) is 6.52. The number of rotatable bonds is 2. The van der Waals surface area contributed by atoms with Gasteiger partial charge >= 0.3 is 0 Å². The molecule has 0 bridgehead atoms. The van der Waals surface area contributed by atoms with Crippen molar-refractivity contribution in [1.29, 1.82) is 0 Å². The smallest absolute Gasteiger partial charge is 0.233 e. The molecule has 0 spiro atoms. The molecule has 104 valence electrons. The first kappa shape index (κ1) is 13.7. The Balaban J connectivity index is 1.82. The van der Waals surface area contributed by atoms with Gasteiger partial charge in [-0.3, -0.25) is 14.5 Å². The molecule has 1 heterocycles. The maximum atomic E-state index is 12.3. The molecule has 0 aromatic heterocycles. The quantitative estimate of drug-likeness (QED) is 0.620. The van der Waals surface area contributed by atoms with Crippen molar-refractivity contribution >= 4 is 35.0 Å². The van der Waals surface area contributed by atoms with Crippen LogP contribution in [0.5, 0.6) is 0 Å². The molecule has 3 rings (SSSR count). The summed E-state index contributed by atoms with van der Waals surface area (Å²) >= 11 is 11.8. The summed E-state index contributed by atoms with van der Waals surface area (Å²) < 4.78 is 0. The number of amides is 2. The molecule has 1 saturated heterocycles. The molecule has 0 radical (unpaired) electrons. The second kappa shape index (κ2) is 5.23. The second-order valence-electron chi connectivity index (χ2n) is 5.17. The maximum absolute atomic E-state index is 12.3. The van der Waals surface area contributed by atoms with E-state index in [1.165, 1.54) is 4.90 Å². The van der Waals surface area contributed by atoms with E-state index in [-0.39, 0.29) is 30.2 Å². The van der Waals surface area contributed by atoms with E-state index < -0.39 is 0 Å². The van der Waals surface area contributed by atoms with Crippen LogP contribution in [0.25, 0.3) is 0 Å². The van der Waals surface area contributed by atoms with Crippen molar-refractivity contribution in [3.8, 4) is 0 Å². The Morgan fingerprint density at radius 2 is 1.60 bits per heavy atom. The lowest BCUT2D eigenvalue weighted by Crippen LogP contribution is -2.30. The van der Waals surface area contributed by atoms with Gasteiger partial charge in [0.1, 0.15) is 0 Å². The fourth-order valence-corrected chi connectivity index (χ4v) is 3.17. The Morgan fingerprint density at radius 3 is 2.15 bits per heavy atom. The van der Waals surface area contributed by atoms with E-state index in [9.17, 15) is 9.59 Å². The molecule has 2 atom stereocenters. The number of fused-ring (bicyclic) bond motifs is 1. The third-order valence-electron chi connectivity index (χ3n) is 3.92. The van der Waals surface area contributed by atoms with E-state index in [4.69, 9.17) is 23.2 Å². The van der Waals surface area contributed by atoms with Crippen LogP contribution in [0.1, 0.15) is 18.4 Å². The van der Waals surface area contributed by atoms with Crippen LogP contribution < -0.4 is 0 Å². The number of likely N-dealkylation sites (tertiary alicyclic amines) is 1. The molecule has 1 aliphatic heterocycles. The highest BCUT2D eigenvalue weighted by atomic mass is 35.5. The summed E-state index contributed by atoms with van der Waals surface area (Å²) in [6, 6.07) is 5.17. The maximum Gasteiger partial charge on any atom is 0.233 e. The molecular weight excluding hydrogens is 297 g/mol. The predicted octanol–water partition coefficient (Wildman–Crippen LogP) is 3.44. The number of nitrogens with zero attached hydrogens (tertiary/aromatic N) is 1. The zero-order chi connectivity index (χ0) is 14.3. The minimum Gasteiger partial charge on any atom is -0.278 e. The fraction of sp³-hybridized carbons (Fsp3) is 0.333. The Labute approximate surface area is 127 Å². The molecule has 1 aliphatic carbocycles. The van der Waals surface area contributed by atoms with E-state index in [1.54, 1.807) is 18.2 Å². The van der Waals surface area contributed by atoms with Gasteiger partial charge in [-0.15, -0.1) is 0 Å². The Morgan fingerprint density at radius 1 is 1.00 bits per heavy atom. The summed E-state index contributed by atoms with van der Waals surface area (Å²) in [4.78, 5) is 26.0. The summed E-state index contributed by atoms with van der Waals surface area (Å²) in [5.74, 6) is -0.517. The van der Waals surface area contributed by atoms with Crippen LogP contribution in [-0.4, -0.2) is 16.7 Å². The van der Waals surface area contributed by atoms with Gasteiger partial charge in [0, 0.05) is 0 Å². The fourth-order valence-electron chi connectivity index (χ4n) is 2.85. The Hall–Kier alpha value is -1.32. The Bertz CT molecular complexity index is 586. The molecule has 0 saturated carbocycles. The molecule has 5 heteroatoms. The summed E-state index contributed by atoms with van der Waals surface area (Å²) in [7, 11) is 0. The van der Waals surface area contributed by atoms with Crippen molar-refractivity contribution < 1.29 is 9.59 Å². The summed E-state index contributed by atoms with van der Waals surface area (Å²) in [5.41, 5.74) is 0.813. The normalized spacial score (nSPS) is 25.2. The predicted molar refractivity (Wildman–Crippen MR) is 77.4 cm³/mol. The number of carbonyl (C=O) groups excluding carboxylic acids is 2. The van der Waals surface area contributed by atoms with Crippen LogP contribution in [0.3, 0.4) is 0 Å². The standard InChI is InChI=1S/C15H13Cl2NO2/c16-12-6-5-9(7-13(12)17)8-18-14(19)10-3-1-2-4-11(10)15(18)20/h1-2,5-7,10-11H,3-4,8H2/t10-,11-/m0/s1. The first-order chi connectivity index (χ1) is 9.58. The molecule has 1 fully saturated rings. The van der Waals surface area contributed by atoms with Crippen LogP contribution in [0.2, 0.25) is 10.0 Å². The molecule has 3 nitrogen and oxygen atoms in total. The van der Waals surface area contributed by atoms with Crippen molar-refractivity contribution in [1.82, 2.24) is 4.90 Å². The number of halogens is 2. The van der Waals surface area contributed by atoms with Crippen LogP contribution in [0.4, 0.5) is 0 Å². The van der Waals surface area contributed by atoms with Crippen LogP contribution in [-0.2, 0) is 16.1 Å². The average molecular weight is 310 g/mol.